The molecule has 0 aliphatic rings. The van der Waals surface area contributed by atoms with Crippen molar-refractivity contribution in [2.24, 2.45) is 0 Å². The van der Waals surface area contributed by atoms with Crippen LogP contribution in [0.5, 0.6) is 0 Å². The van der Waals surface area contributed by atoms with Crippen LogP contribution in [0, 0.1) is 0 Å². The molecular formula is C24H49KO4S. The zero-order valence-corrected chi connectivity index (χ0v) is 24.3. The van der Waals surface area contributed by atoms with Crippen LogP contribution in [0.3, 0.4) is 0 Å². The van der Waals surface area contributed by atoms with E-state index >= 15 is 0 Å². The maximum atomic E-state index is 11.4. The molecule has 0 amide bonds. The third-order valence-corrected chi connectivity index (χ3v) is 7.28. The van der Waals surface area contributed by atoms with Crippen molar-refractivity contribution in [2.75, 3.05) is 0 Å². The van der Waals surface area contributed by atoms with E-state index < -0.39 is 15.4 Å². The van der Waals surface area contributed by atoms with Crippen LogP contribution in [0.4, 0.5) is 0 Å². The van der Waals surface area contributed by atoms with Crippen molar-refractivity contribution in [3.8, 4) is 0 Å². The van der Waals surface area contributed by atoms with Gasteiger partial charge in [-0.15, -0.1) is 0 Å². The Morgan fingerprint density at radius 3 is 1.30 bits per heavy atom. The fraction of sp³-hybridized carbons (Fsp3) is 1.00. The molecular weight excluding hydrogens is 423 g/mol. The summed E-state index contributed by atoms with van der Waals surface area (Å²) in [6.07, 6.45) is 20.7. The minimum absolute atomic E-state index is 0. The summed E-state index contributed by atoms with van der Waals surface area (Å²) in [6, 6.07) is 0. The van der Waals surface area contributed by atoms with Gasteiger partial charge >= 0.3 is 51.4 Å². The first-order valence-corrected chi connectivity index (χ1v) is 14.0. The molecule has 0 aromatic rings. The number of aliphatic hydroxyl groups is 1. The largest absolute Gasteiger partial charge is 1.00 e. The summed E-state index contributed by atoms with van der Waals surface area (Å²) in [6.45, 7) is 4.36. The molecule has 1 N–H and O–H groups in total. The Hall–Kier alpha value is 1.51. The average Bonchev–Trinajstić information content (AvgIpc) is 2.67. The summed E-state index contributed by atoms with van der Waals surface area (Å²) >= 11 is 0. The number of hydrogen-bond acceptors (Lipinski definition) is 4. The van der Waals surface area contributed by atoms with Gasteiger partial charge in [-0.05, 0) is 25.7 Å². The summed E-state index contributed by atoms with van der Waals surface area (Å²) in [5, 5.41) is 9.39. The summed E-state index contributed by atoms with van der Waals surface area (Å²) < 4.78 is 34.3. The van der Waals surface area contributed by atoms with E-state index in [2.05, 4.69) is 13.8 Å². The van der Waals surface area contributed by atoms with Crippen molar-refractivity contribution in [2.45, 2.75) is 154 Å². The second-order valence-corrected chi connectivity index (χ2v) is 10.5. The minimum atomic E-state index is -4.18. The van der Waals surface area contributed by atoms with E-state index in [-0.39, 0.29) is 57.5 Å². The van der Waals surface area contributed by atoms with Gasteiger partial charge in [0.15, 0.2) is 0 Å². The average molecular weight is 473 g/mol. The Labute approximate surface area is 230 Å². The molecule has 0 aliphatic heterocycles. The van der Waals surface area contributed by atoms with Crippen molar-refractivity contribution < 1.29 is 69.5 Å². The molecule has 0 saturated heterocycles. The van der Waals surface area contributed by atoms with Crippen LogP contribution in [0.15, 0.2) is 0 Å². The summed E-state index contributed by atoms with van der Waals surface area (Å²) in [4.78, 5) is 0. The maximum Gasteiger partial charge on any atom is 1.00 e. The zero-order chi connectivity index (χ0) is 21.8. The number of unbranched alkanes of at least 4 members (excludes halogenated alkanes) is 13. The van der Waals surface area contributed by atoms with Crippen LogP contribution in [0.1, 0.15) is 142 Å². The number of aliphatic hydroxyl groups excluding tert-OH is 1. The molecule has 0 fully saturated rings. The zero-order valence-electron chi connectivity index (χ0n) is 20.4. The summed E-state index contributed by atoms with van der Waals surface area (Å²) in [5.74, 6) is 0. The topological polar surface area (TPSA) is 77.4 Å². The van der Waals surface area contributed by atoms with Crippen molar-refractivity contribution in [3.05, 3.63) is 0 Å². The fourth-order valence-corrected chi connectivity index (χ4v) is 4.91. The van der Waals surface area contributed by atoms with Crippen molar-refractivity contribution in [1.82, 2.24) is 0 Å². The molecule has 0 spiro atoms. The van der Waals surface area contributed by atoms with Gasteiger partial charge in [0.25, 0.3) is 0 Å². The van der Waals surface area contributed by atoms with Crippen molar-refractivity contribution in [3.63, 3.8) is 0 Å². The molecule has 6 heteroatoms. The van der Waals surface area contributed by atoms with Crippen LogP contribution in [-0.2, 0) is 10.1 Å². The fourth-order valence-electron chi connectivity index (χ4n) is 4.00. The number of hydrogen-bond donors (Lipinski definition) is 1. The Morgan fingerprint density at radius 2 is 0.900 bits per heavy atom. The van der Waals surface area contributed by atoms with E-state index in [1.807, 2.05) is 0 Å². The molecule has 0 saturated carbocycles. The van der Waals surface area contributed by atoms with Gasteiger partial charge in [0, 0.05) is 5.25 Å². The first-order chi connectivity index (χ1) is 13.9. The van der Waals surface area contributed by atoms with Gasteiger partial charge in [0.05, 0.1) is 16.2 Å². The van der Waals surface area contributed by atoms with E-state index in [4.69, 9.17) is 0 Å². The predicted octanol–water partition coefficient (Wildman–Crippen LogP) is 4.11. The SMILES string of the molecule is CCCCCCCCCCCC(O)CCCCCC(CCCCCC)S(=O)(=O)[O-].[K+]. The minimum Gasteiger partial charge on any atom is -0.748 e. The second-order valence-electron chi connectivity index (χ2n) is 8.87. The quantitative estimate of drug-likeness (QED) is 0.146. The maximum absolute atomic E-state index is 11.4. The van der Waals surface area contributed by atoms with Crippen LogP contribution < -0.4 is 51.4 Å². The van der Waals surface area contributed by atoms with E-state index in [0.29, 0.717) is 12.8 Å². The van der Waals surface area contributed by atoms with Gasteiger partial charge < -0.3 is 9.66 Å². The molecule has 0 aromatic heterocycles. The first kappa shape index (κ1) is 33.7. The molecule has 0 heterocycles. The van der Waals surface area contributed by atoms with Crippen LogP contribution in [-0.4, -0.2) is 29.4 Å². The molecule has 0 bridgehead atoms. The van der Waals surface area contributed by atoms with Crippen LogP contribution in [0.2, 0.25) is 0 Å². The molecule has 0 aliphatic carbocycles. The smallest absolute Gasteiger partial charge is 0.748 e. The Morgan fingerprint density at radius 1 is 0.600 bits per heavy atom. The molecule has 4 nitrogen and oxygen atoms in total. The monoisotopic (exact) mass is 472 g/mol. The number of rotatable bonds is 22. The Balaban J connectivity index is 0. The third kappa shape index (κ3) is 22.7. The van der Waals surface area contributed by atoms with Gasteiger partial charge in [0.1, 0.15) is 0 Å². The van der Waals surface area contributed by atoms with E-state index in [1.54, 1.807) is 0 Å². The van der Waals surface area contributed by atoms with Crippen LogP contribution in [0.25, 0.3) is 0 Å². The molecule has 2 unspecified atom stereocenters. The van der Waals surface area contributed by atoms with E-state index in [1.165, 1.54) is 51.4 Å². The van der Waals surface area contributed by atoms with Crippen LogP contribution >= 0.6 is 0 Å². The Bertz CT molecular complexity index is 442. The molecule has 0 aromatic carbocycles. The van der Waals surface area contributed by atoms with Crippen molar-refractivity contribution >= 4 is 10.1 Å². The Kier molecular flexibility index (Phi) is 26.6. The molecule has 0 rings (SSSR count). The molecule has 30 heavy (non-hydrogen) atoms. The second kappa shape index (κ2) is 23.7. The normalized spacial score (nSPS) is 13.7. The van der Waals surface area contributed by atoms with Gasteiger partial charge in [-0.1, -0.05) is 117 Å². The van der Waals surface area contributed by atoms with Gasteiger partial charge in [-0.25, -0.2) is 8.42 Å². The summed E-state index contributed by atoms with van der Waals surface area (Å²) in [7, 11) is -4.18. The van der Waals surface area contributed by atoms with Gasteiger partial charge in [0.2, 0.25) is 0 Å². The molecule has 176 valence electrons. The standard InChI is InChI=1S/C24H50O4S.K/c1-3-5-7-9-10-11-12-13-15-19-23(25)20-16-14-18-22-24(29(26,27)28)21-17-8-6-4-2;/h23-25H,3-22H2,1-2H3,(H,26,27,28);/q;+1/p-1. The van der Waals surface area contributed by atoms with Gasteiger partial charge in [-0.3, -0.25) is 0 Å². The van der Waals surface area contributed by atoms with Crippen molar-refractivity contribution in [1.29, 1.82) is 0 Å². The third-order valence-electron chi connectivity index (χ3n) is 5.99. The van der Waals surface area contributed by atoms with E-state index in [0.717, 1.165) is 64.2 Å². The van der Waals surface area contributed by atoms with Gasteiger partial charge in [-0.2, -0.15) is 0 Å². The summed E-state index contributed by atoms with van der Waals surface area (Å²) in [5.41, 5.74) is 0. The molecule has 0 radical (unpaired) electrons. The first-order valence-electron chi connectivity index (χ1n) is 12.5. The predicted molar refractivity (Wildman–Crippen MR) is 123 cm³/mol. The van der Waals surface area contributed by atoms with E-state index in [9.17, 15) is 18.1 Å². The molecule has 2 atom stereocenters.